The minimum Gasteiger partial charge on any atom is -0.356 e. The first kappa shape index (κ1) is 14.5. The Labute approximate surface area is 126 Å². The summed E-state index contributed by atoms with van der Waals surface area (Å²) in [5.74, 6) is 0. The molecular formula is C17H20N2S. The fourth-order valence-electron chi connectivity index (χ4n) is 2.00. The van der Waals surface area contributed by atoms with Crippen molar-refractivity contribution >= 4 is 23.0 Å². The molecule has 0 saturated heterocycles. The summed E-state index contributed by atoms with van der Waals surface area (Å²) in [5, 5.41) is 7.14. The Hall–Kier alpha value is -1.87. The van der Waals surface area contributed by atoms with E-state index in [1.807, 2.05) is 30.3 Å². The van der Waals surface area contributed by atoms with Crippen LogP contribution in [0.4, 0.5) is 5.69 Å². The number of para-hydroxylation sites is 1. The van der Waals surface area contributed by atoms with Crippen LogP contribution in [0.3, 0.4) is 0 Å². The van der Waals surface area contributed by atoms with Gasteiger partial charge in [0, 0.05) is 5.69 Å². The Kier molecular flexibility index (Phi) is 4.74. The van der Waals surface area contributed by atoms with E-state index in [-0.39, 0.29) is 6.04 Å². The molecule has 0 heterocycles. The second-order valence-corrected chi connectivity index (χ2v) is 5.44. The molecule has 0 aromatic heterocycles. The third-order valence-corrected chi connectivity index (χ3v) is 3.63. The highest BCUT2D eigenvalue weighted by molar-refractivity contribution is 7.80. The van der Waals surface area contributed by atoms with E-state index in [2.05, 4.69) is 49.6 Å². The van der Waals surface area contributed by atoms with Crippen molar-refractivity contribution in [1.82, 2.24) is 5.32 Å². The van der Waals surface area contributed by atoms with Gasteiger partial charge in [0.1, 0.15) is 0 Å². The topological polar surface area (TPSA) is 24.1 Å². The smallest absolute Gasteiger partial charge is 0.171 e. The number of hydrogen-bond donors (Lipinski definition) is 2. The molecule has 2 N–H and O–H groups in total. The van der Waals surface area contributed by atoms with Crippen molar-refractivity contribution in [3.63, 3.8) is 0 Å². The number of aryl methyl sites for hydroxylation is 2. The van der Waals surface area contributed by atoms with Gasteiger partial charge >= 0.3 is 0 Å². The molecule has 2 aromatic carbocycles. The van der Waals surface area contributed by atoms with Gasteiger partial charge in [-0.1, -0.05) is 36.4 Å². The van der Waals surface area contributed by atoms with E-state index in [0.29, 0.717) is 5.11 Å². The maximum Gasteiger partial charge on any atom is 0.171 e. The Bertz CT molecular complexity index is 593. The van der Waals surface area contributed by atoms with Crippen molar-refractivity contribution in [2.75, 3.05) is 5.32 Å². The Morgan fingerprint density at radius 2 is 1.70 bits per heavy atom. The Morgan fingerprint density at radius 1 is 1.00 bits per heavy atom. The third kappa shape index (κ3) is 3.81. The molecule has 0 unspecified atom stereocenters. The van der Waals surface area contributed by atoms with Crippen molar-refractivity contribution in [3.8, 4) is 0 Å². The quantitative estimate of drug-likeness (QED) is 0.819. The van der Waals surface area contributed by atoms with Crippen LogP contribution in [0.25, 0.3) is 0 Å². The fraction of sp³-hybridized carbons (Fsp3) is 0.235. The molecule has 0 aliphatic rings. The van der Waals surface area contributed by atoms with Gasteiger partial charge in [0.15, 0.2) is 5.11 Å². The van der Waals surface area contributed by atoms with Crippen LogP contribution in [-0.4, -0.2) is 5.11 Å². The SMILES string of the molecule is Cc1ccc([C@@H](C)NC(=S)Nc2ccccc2)cc1C. The zero-order valence-corrected chi connectivity index (χ0v) is 12.9. The van der Waals surface area contributed by atoms with Crippen molar-refractivity contribution in [2.24, 2.45) is 0 Å². The van der Waals surface area contributed by atoms with Crippen molar-refractivity contribution in [1.29, 1.82) is 0 Å². The van der Waals surface area contributed by atoms with Crippen LogP contribution in [-0.2, 0) is 0 Å². The van der Waals surface area contributed by atoms with Gasteiger partial charge < -0.3 is 10.6 Å². The molecule has 0 aliphatic carbocycles. The van der Waals surface area contributed by atoms with Crippen LogP contribution in [0, 0.1) is 13.8 Å². The van der Waals surface area contributed by atoms with Crippen LogP contribution in [0.2, 0.25) is 0 Å². The molecule has 3 heteroatoms. The average Bonchev–Trinajstić information content (AvgIpc) is 2.42. The Balaban J connectivity index is 1.98. The van der Waals surface area contributed by atoms with Crippen molar-refractivity contribution in [2.45, 2.75) is 26.8 Å². The number of thiocarbonyl (C=S) groups is 1. The molecule has 2 rings (SSSR count). The van der Waals surface area contributed by atoms with E-state index in [1.165, 1.54) is 16.7 Å². The van der Waals surface area contributed by atoms with Gasteiger partial charge in [0.25, 0.3) is 0 Å². The van der Waals surface area contributed by atoms with Crippen LogP contribution < -0.4 is 10.6 Å². The summed E-state index contributed by atoms with van der Waals surface area (Å²) in [4.78, 5) is 0. The molecule has 0 amide bonds. The standard InChI is InChI=1S/C17H20N2S/c1-12-9-10-15(11-13(12)2)14(3)18-17(20)19-16-7-5-4-6-8-16/h4-11,14H,1-3H3,(H2,18,19,20)/t14-/m1/s1. The molecular weight excluding hydrogens is 264 g/mol. The lowest BCUT2D eigenvalue weighted by atomic mass is 10.0. The van der Waals surface area contributed by atoms with Crippen molar-refractivity contribution in [3.05, 3.63) is 65.2 Å². The van der Waals surface area contributed by atoms with E-state index >= 15 is 0 Å². The third-order valence-electron chi connectivity index (χ3n) is 3.41. The summed E-state index contributed by atoms with van der Waals surface area (Å²) >= 11 is 5.35. The molecule has 2 nitrogen and oxygen atoms in total. The van der Waals surface area contributed by atoms with Crippen LogP contribution >= 0.6 is 12.2 Å². The highest BCUT2D eigenvalue weighted by Gasteiger charge is 2.08. The minimum atomic E-state index is 0.179. The second kappa shape index (κ2) is 6.53. The van der Waals surface area contributed by atoms with E-state index < -0.39 is 0 Å². The maximum absolute atomic E-state index is 5.35. The minimum absolute atomic E-state index is 0.179. The lowest BCUT2D eigenvalue weighted by Crippen LogP contribution is -2.30. The summed E-state index contributed by atoms with van der Waals surface area (Å²) in [6, 6.07) is 16.6. The monoisotopic (exact) mass is 284 g/mol. The van der Waals surface area contributed by atoms with Gasteiger partial charge in [-0.25, -0.2) is 0 Å². The molecule has 0 fully saturated rings. The van der Waals surface area contributed by atoms with Crippen LogP contribution in [0.1, 0.15) is 29.7 Å². The predicted molar refractivity (Wildman–Crippen MR) is 90.1 cm³/mol. The van der Waals surface area contributed by atoms with Gasteiger partial charge in [0.2, 0.25) is 0 Å². The molecule has 2 aromatic rings. The van der Waals surface area contributed by atoms with Gasteiger partial charge in [-0.05, 0) is 61.8 Å². The lowest BCUT2D eigenvalue weighted by Gasteiger charge is -2.18. The first-order valence-electron chi connectivity index (χ1n) is 6.76. The summed E-state index contributed by atoms with van der Waals surface area (Å²) in [6.45, 7) is 6.37. The number of hydrogen-bond acceptors (Lipinski definition) is 1. The largest absolute Gasteiger partial charge is 0.356 e. The Morgan fingerprint density at radius 3 is 2.35 bits per heavy atom. The van der Waals surface area contributed by atoms with Crippen molar-refractivity contribution < 1.29 is 0 Å². The first-order chi connectivity index (χ1) is 9.56. The van der Waals surface area contributed by atoms with E-state index in [9.17, 15) is 0 Å². The highest BCUT2D eigenvalue weighted by atomic mass is 32.1. The van der Waals surface area contributed by atoms with Gasteiger partial charge in [0.05, 0.1) is 6.04 Å². The van der Waals surface area contributed by atoms with E-state index in [1.54, 1.807) is 0 Å². The molecule has 104 valence electrons. The summed E-state index contributed by atoms with van der Waals surface area (Å²) in [7, 11) is 0. The lowest BCUT2D eigenvalue weighted by molar-refractivity contribution is 0.721. The van der Waals surface area contributed by atoms with Gasteiger partial charge in [-0.15, -0.1) is 0 Å². The molecule has 0 bridgehead atoms. The first-order valence-corrected chi connectivity index (χ1v) is 7.17. The molecule has 1 atom stereocenters. The van der Waals surface area contributed by atoms with Crippen LogP contribution in [0.15, 0.2) is 48.5 Å². The second-order valence-electron chi connectivity index (χ2n) is 5.03. The number of anilines is 1. The van der Waals surface area contributed by atoms with Gasteiger partial charge in [-0.2, -0.15) is 0 Å². The summed E-state index contributed by atoms with van der Waals surface area (Å²) < 4.78 is 0. The molecule has 0 radical (unpaired) electrons. The highest BCUT2D eigenvalue weighted by Crippen LogP contribution is 2.17. The number of rotatable bonds is 3. The predicted octanol–water partition coefficient (Wildman–Crippen LogP) is 4.35. The summed E-state index contributed by atoms with van der Waals surface area (Å²) in [6.07, 6.45) is 0. The number of benzene rings is 2. The zero-order chi connectivity index (χ0) is 14.5. The number of nitrogens with one attached hydrogen (secondary N) is 2. The zero-order valence-electron chi connectivity index (χ0n) is 12.1. The summed E-state index contributed by atoms with van der Waals surface area (Å²) in [5.41, 5.74) is 4.85. The van der Waals surface area contributed by atoms with E-state index in [0.717, 1.165) is 5.69 Å². The molecule has 0 saturated carbocycles. The van der Waals surface area contributed by atoms with E-state index in [4.69, 9.17) is 12.2 Å². The average molecular weight is 284 g/mol. The molecule has 0 aliphatic heterocycles. The van der Waals surface area contributed by atoms with Gasteiger partial charge in [-0.3, -0.25) is 0 Å². The fourth-order valence-corrected chi connectivity index (χ4v) is 2.30. The molecule has 0 spiro atoms. The van der Waals surface area contributed by atoms with Crippen LogP contribution in [0.5, 0.6) is 0 Å². The molecule has 20 heavy (non-hydrogen) atoms. The maximum atomic E-state index is 5.35. The normalized spacial score (nSPS) is 11.8.